The number of carbonyl (C=O) groups excluding carboxylic acids is 2. The molecule has 0 spiro atoms. The van der Waals surface area contributed by atoms with E-state index in [0.29, 0.717) is 25.6 Å². The molecule has 1 aromatic rings. The Hall–Kier alpha value is -1.64. The lowest BCUT2D eigenvalue weighted by atomic mass is 10.2. The number of hydrogen-bond acceptors (Lipinski definition) is 6. The number of alkyl halides is 1. The average molecular weight is 386 g/mol. The Labute approximate surface area is 157 Å². The van der Waals surface area contributed by atoms with Gasteiger partial charge in [0.25, 0.3) is 5.91 Å². The van der Waals surface area contributed by atoms with Crippen LogP contribution in [0.15, 0.2) is 10.7 Å². The van der Waals surface area contributed by atoms with Crippen molar-refractivity contribution < 1.29 is 23.5 Å². The molecule has 2 fully saturated rings. The Bertz CT molecular complexity index is 611. The van der Waals surface area contributed by atoms with E-state index in [1.54, 1.807) is 4.90 Å². The Morgan fingerprint density at radius 1 is 1.23 bits per heavy atom. The summed E-state index contributed by atoms with van der Waals surface area (Å²) in [7, 11) is 0. The second-order valence-electron chi connectivity index (χ2n) is 6.51. The molecule has 0 saturated carbocycles. The third kappa shape index (κ3) is 5.18. The zero-order valence-corrected chi connectivity index (χ0v) is 15.4. The van der Waals surface area contributed by atoms with Gasteiger partial charge in [-0.3, -0.25) is 9.59 Å². The van der Waals surface area contributed by atoms with Gasteiger partial charge >= 0.3 is 0 Å². The van der Waals surface area contributed by atoms with Crippen molar-refractivity contribution in [1.29, 1.82) is 0 Å². The summed E-state index contributed by atoms with van der Waals surface area (Å²) in [5.41, 5.74) is 0.188. The van der Waals surface area contributed by atoms with E-state index in [9.17, 15) is 9.59 Å². The maximum atomic E-state index is 12.2. The molecule has 3 rings (SSSR count). The molecule has 2 aliphatic rings. The van der Waals surface area contributed by atoms with Crippen LogP contribution in [0.4, 0.5) is 0 Å². The fourth-order valence-corrected chi connectivity index (χ4v) is 3.30. The predicted octanol–water partition coefficient (Wildman–Crippen LogP) is 1.33. The highest BCUT2D eigenvalue weighted by Crippen LogP contribution is 2.16. The zero-order valence-electron chi connectivity index (χ0n) is 14.6. The summed E-state index contributed by atoms with van der Waals surface area (Å²) in [5.74, 6) is -0.361. The minimum absolute atomic E-state index is 0.00584. The van der Waals surface area contributed by atoms with Crippen LogP contribution in [0.5, 0.6) is 0 Å². The predicted molar refractivity (Wildman–Crippen MR) is 92.9 cm³/mol. The van der Waals surface area contributed by atoms with Crippen molar-refractivity contribution >= 4 is 23.4 Å². The first-order chi connectivity index (χ1) is 12.7. The molecule has 1 N–H and O–H groups in total. The van der Waals surface area contributed by atoms with Gasteiger partial charge in [-0.2, -0.15) is 0 Å². The van der Waals surface area contributed by atoms with Gasteiger partial charge in [-0.05, 0) is 25.7 Å². The fraction of sp³-hybridized carbons (Fsp3) is 0.706. The van der Waals surface area contributed by atoms with Gasteiger partial charge in [0, 0.05) is 26.3 Å². The van der Waals surface area contributed by atoms with E-state index in [2.05, 4.69) is 10.3 Å². The van der Waals surface area contributed by atoms with E-state index in [1.165, 1.54) is 6.26 Å². The first kappa shape index (κ1) is 19.1. The molecule has 2 aliphatic heterocycles. The maximum Gasteiger partial charge on any atom is 0.273 e. The Morgan fingerprint density at radius 2 is 1.96 bits per heavy atom. The molecule has 9 heteroatoms. The normalized spacial score (nSPS) is 22.5. The highest BCUT2D eigenvalue weighted by molar-refractivity contribution is 6.27. The van der Waals surface area contributed by atoms with Gasteiger partial charge in [0.05, 0.1) is 18.8 Å². The summed E-state index contributed by atoms with van der Waals surface area (Å²) >= 11 is 5.70. The number of ether oxygens (including phenoxy) is 2. The van der Waals surface area contributed by atoms with Crippen molar-refractivity contribution in [3.05, 3.63) is 17.8 Å². The molecule has 0 bridgehead atoms. The second-order valence-corrected chi connectivity index (χ2v) is 6.78. The van der Waals surface area contributed by atoms with Crippen molar-refractivity contribution in [1.82, 2.24) is 15.2 Å². The lowest BCUT2D eigenvalue weighted by Crippen LogP contribution is -2.37. The highest BCUT2D eigenvalue weighted by atomic mass is 35.5. The molecule has 2 amide bonds. The minimum atomic E-state index is -0.315. The lowest BCUT2D eigenvalue weighted by Gasteiger charge is -2.23. The third-order valence-corrected chi connectivity index (χ3v) is 4.77. The van der Waals surface area contributed by atoms with E-state index < -0.39 is 0 Å². The van der Waals surface area contributed by atoms with Crippen LogP contribution in [0.3, 0.4) is 0 Å². The minimum Gasteiger partial charge on any atom is -0.446 e. The fourth-order valence-electron chi connectivity index (χ4n) is 3.13. The number of amides is 2. The number of hydrogen-bond donors (Lipinski definition) is 1. The molecule has 1 aromatic heterocycles. The van der Waals surface area contributed by atoms with Gasteiger partial charge in [-0.25, -0.2) is 4.98 Å². The second kappa shape index (κ2) is 9.34. The summed E-state index contributed by atoms with van der Waals surface area (Å²) in [6.45, 7) is 2.50. The van der Waals surface area contributed by atoms with Crippen LogP contribution in [0, 0.1) is 0 Å². The molecule has 2 saturated heterocycles. The molecule has 0 aliphatic carbocycles. The summed E-state index contributed by atoms with van der Waals surface area (Å²) < 4.78 is 16.4. The number of carbonyl (C=O) groups is 2. The third-order valence-electron chi connectivity index (χ3n) is 4.54. The number of nitrogens with zero attached hydrogens (tertiary/aromatic N) is 2. The van der Waals surface area contributed by atoms with Gasteiger partial charge in [-0.15, -0.1) is 11.6 Å². The van der Waals surface area contributed by atoms with Crippen LogP contribution in [0.2, 0.25) is 0 Å². The average Bonchev–Trinajstić information content (AvgIpc) is 3.40. The largest absolute Gasteiger partial charge is 0.446 e. The number of oxazole rings is 1. The van der Waals surface area contributed by atoms with Crippen LogP contribution in [0.25, 0.3) is 0 Å². The van der Waals surface area contributed by atoms with E-state index >= 15 is 0 Å². The lowest BCUT2D eigenvalue weighted by molar-refractivity contribution is -0.131. The van der Waals surface area contributed by atoms with Crippen LogP contribution in [-0.4, -0.2) is 66.1 Å². The van der Waals surface area contributed by atoms with Crippen LogP contribution in [-0.2, 0) is 20.8 Å². The molecule has 0 aromatic carbocycles. The van der Waals surface area contributed by atoms with Gasteiger partial charge in [-0.1, -0.05) is 0 Å². The number of rotatable bonds is 8. The molecule has 144 valence electrons. The van der Waals surface area contributed by atoms with Crippen molar-refractivity contribution in [3.8, 4) is 0 Å². The van der Waals surface area contributed by atoms with E-state index in [0.717, 1.165) is 32.3 Å². The first-order valence-electron chi connectivity index (χ1n) is 8.95. The van der Waals surface area contributed by atoms with E-state index in [4.69, 9.17) is 25.5 Å². The van der Waals surface area contributed by atoms with Gasteiger partial charge in [0.15, 0.2) is 5.69 Å². The first-order valence-corrected chi connectivity index (χ1v) is 9.48. The quantitative estimate of drug-likeness (QED) is 0.678. The summed E-state index contributed by atoms with van der Waals surface area (Å²) in [6, 6.07) is 0. The molecule has 2 unspecified atom stereocenters. The Morgan fingerprint density at radius 3 is 2.62 bits per heavy atom. The Balaban J connectivity index is 1.54. The molecule has 3 heterocycles. The summed E-state index contributed by atoms with van der Waals surface area (Å²) in [5, 5.41) is 2.79. The van der Waals surface area contributed by atoms with Crippen LogP contribution in [0.1, 0.15) is 42.1 Å². The van der Waals surface area contributed by atoms with E-state index in [-0.39, 0.29) is 42.1 Å². The number of nitrogens with one attached hydrogen (secondary N) is 1. The standard InChI is InChI=1S/C17H24ClN3O5/c18-7-16(22)21(9-13-4-2-6-25-13)10-15-20-14(11-26-15)17(23)19-8-12-3-1-5-24-12/h11-13H,1-10H2,(H,19,23). The molecular weight excluding hydrogens is 362 g/mol. The molecule has 8 nitrogen and oxygen atoms in total. The SMILES string of the molecule is O=C(NCC1CCCO1)c1coc(CN(CC2CCCO2)C(=O)CCl)n1. The monoisotopic (exact) mass is 385 g/mol. The van der Waals surface area contributed by atoms with E-state index in [1.807, 2.05) is 0 Å². The van der Waals surface area contributed by atoms with Gasteiger partial charge in [0.2, 0.25) is 11.8 Å². The van der Waals surface area contributed by atoms with Crippen molar-refractivity contribution in [2.75, 3.05) is 32.2 Å². The topological polar surface area (TPSA) is 93.9 Å². The molecular formula is C17H24ClN3O5. The van der Waals surface area contributed by atoms with Crippen molar-refractivity contribution in [2.45, 2.75) is 44.4 Å². The molecule has 26 heavy (non-hydrogen) atoms. The zero-order chi connectivity index (χ0) is 18.4. The van der Waals surface area contributed by atoms with Gasteiger partial charge < -0.3 is 24.1 Å². The van der Waals surface area contributed by atoms with Crippen LogP contribution < -0.4 is 5.32 Å². The van der Waals surface area contributed by atoms with Crippen molar-refractivity contribution in [3.63, 3.8) is 0 Å². The molecule has 0 radical (unpaired) electrons. The highest BCUT2D eigenvalue weighted by Gasteiger charge is 2.24. The summed E-state index contributed by atoms with van der Waals surface area (Å²) in [4.78, 5) is 30.0. The maximum absolute atomic E-state index is 12.2. The summed E-state index contributed by atoms with van der Waals surface area (Å²) in [6.07, 6.45) is 5.23. The van der Waals surface area contributed by atoms with Crippen molar-refractivity contribution in [2.24, 2.45) is 0 Å². The van der Waals surface area contributed by atoms with Gasteiger partial charge in [0.1, 0.15) is 12.1 Å². The smallest absolute Gasteiger partial charge is 0.273 e. The number of aromatic nitrogens is 1. The number of halogens is 1. The molecule has 2 atom stereocenters. The van der Waals surface area contributed by atoms with Crippen LogP contribution >= 0.6 is 11.6 Å². The Kier molecular flexibility index (Phi) is 6.87.